The molecule has 0 unspecified atom stereocenters. The van der Waals surface area contributed by atoms with E-state index < -0.39 is 0 Å². The number of ether oxygens (including phenoxy) is 3. The molecule has 0 radical (unpaired) electrons. The number of anilines is 1. The molecule has 0 bridgehead atoms. The Morgan fingerprint density at radius 3 is 2.16 bits per heavy atom. The van der Waals surface area contributed by atoms with Crippen LogP contribution < -0.4 is 19.5 Å². The van der Waals surface area contributed by atoms with Crippen molar-refractivity contribution in [1.29, 1.82) is 0 Å². The molecule has 138 valence electrons. The van der Waals surface area contributed by atoms with Gasteiger partial charge in [-0.15, -0.1) is 0 Å². The second kappa shape index (κ2) is 9.12. The zero-order valence-corrected chi connectivity index (χ0v) is 14.9. The topological polar surface area (TPSA) is 80.3 Å². The van der Waals surface area contributed by atoms with Crippen LogP contribution in [0.25, 0.3) is 0 Å². The first-order valence-corrected chi connectivity index (χ1v) is 8.14. The molecule has 1 aromatic rings. The summed E-state index contributed by atoms with van der Waals surface area (Å²) in [5.41, 5.74) is 0.471. The maximum atomic E-state index is 12.6. The summed E-state index contributed by atoms with van der Waals surface area (Å²) in [6.45, 7) is 3.44. The Morgan fingerprint density at radius 2 is 1.68 bits per heavy atom. The fourth-order valence-electron chi connectivity index (χ4n) is 2.72. The molecule has 0 aliphatic carbocycles. The Hall–Kier alpha value is -2.48. The monoisotopic (exact) mass is 351 g/mol. The average molecular weight is 351 g/mol. The molecule has 0 spiro atoms. The van der Waals surface area contributed by atoms with Crippen molar-refractivity contribution in [3.63, 3.8) is 0 Å². The van der Waals surface area contributed by atoms with Crippen LogP contribution in [-0.2, 0) is 4.79 Å². The molecule has 2 amide bonds. The Bertz CT molecular complexity index is 575. The Labute approximate surface area is 147 Å². The van der Waals surface area contributed by atoms with Crippen LogP contribution in [0.5, 0.6) is 17.2 Å². The third-order valence-electron chi connectivity index (χ3n) is 4.17. The van der Waals surface area contributed by atoms with Gasteiger partial charge in [0.15, 0.2) is 0 Å². The van der Waals surface area contributed by atoms with Crippen molar-refractivity contribution in [2.75, 3.05) is 59.4 Å². The minimum Gasteiger partial charge on any atom is -0.496 e. The normalized spacial score (nSPS) is 14.8. The number of rotatable bonds is 7. The summed E-state index contributed by atoms with van der Waals surface area (Å²) < 4.78 is 15.9. The number of benzene rings is 1. The summed E-state index contributed by atoms with van der Waals surface area (Å²) in [4.78, 5) is 26.9. The first-order valence-electron chi connectivity index (χ1n) is 8.14. The van der Waals surface area contributed by atoms with Crippen molar-refractivity contribution in [2.24, 2.45) is 0 Å². The molecule has 1 aliphatic heterocycles. The zero-order chi connectivity index (χ0) is 18.2. The van der Waals surface area contributed by atoms with E-state index in [2.05, 4.69) is 10.2 Å². The van der Waals surface area contributed by atoms with Crippen molar-refractivity contribution in [3.8, 4) is 17.2 Å². The Kier molecular flexibility index (Phi) is 6.88. The fourth-order valence-corrected chi connectivity index (χ4v) is 2.72. The minimum atomic E-state index is -0.211. The highest BCUT2D eigenvalue weighted by Gasteiger charge is 2.23. The van der Waals surface area contributed by atoms with Crippen LogP contribution in [0, 0.1) is 0 Å². The molecule has 8 heteroatoms. The minimum absolute atomic E-state index is 0.211. The lowest BCUT2D eigenvalue weighted by atomic mass is 10.2. The molecule has 2 rings (SSSR count). The number of nitrogens with one attached hydrogen (secondary N) is 1. The number of nitrogens with zero attached hydrogens (tertiary/aromatic N) is 2. The van der Waals surface area contributed by atoms with Gasteiger partial charge < -0.3 is 29.2 Å². The van der Waals surface area contributed by atoms with Crippen molar-refractivity contribution in [3.05, 3.63) is 12.1 Å². The first-order chi connectivity index (χ1) is 12.1. The zero-order valence-electron chi connectivity index (χ0n) is 14.9. The summed E-state index contributed by atoms with van der Waals surface area (Å²) in [5, 5.41) is 2.87. The van der Waals surface area contributed by atoms with Crippen LogP contribution in [0.15, 0.2) is 12.1 Å². The molecule has 0 saturated carbocycles. The van der Waals surface area contributed by atoms with E-state index >= 15 is 0 Å². The van der Waals surface area contributed by atoms with Crippen LogP contribution >= 0.6 is 0 Å². The Morgan fingerprint density at radius 1 is 1.08 bits per heavy atom. The SMILES string of the molecule is COc1cc(OC)c(NC(=O)N2CCN(CCC=O)CC2)c(OC)c1. The molecule has 1 saturated heterocycles. The summed E-state index contributed by atoms with van der Waals surface area (Å²) in [5.74, 6) is 1.51. The number of hydrogen-bond donors (Lipinski definition) is 1. The van der Waals surface area contributed by atoms with Gasteiger partial charge in [-0.05, 0) is 0 Å². The molecule has 1 heterocycles. The van der Waals surface area contributed by atoms with Crippen LogP contribution in [0.4, 0.5) is 10.5 Å². The van der Waals surface area contributed by atoms with Gasteiger partial charge in [-0.25, -0.2) is 4.79 Å². The number of carbonyl (C=O) groups is 2. The third-order valence-corrected chi connectivity index (χ3v) is 4.17. The van der Waals surface area contributed by atoms with E-state index in [0.717, 1.165) is 25.9 Å². The lowest BCUT2D eigenvalue weighted by Crippen LogP contribution is -2.50. The van der Waals surface area contributed by atoms with Crippen LogP contribution in [-0.4, -0.2) is 76.2 Å². The highest BCUT2D eigenvalue weighted by atomic mass is 16.5. The molecule has 1 aromatic carbocycles. The van der Waals surface area contributed by atoms with Gasteiger partial charge in [-0.1, -0.05) is 0 Å². The van der Waals surface area contributed by atoms with Gasteiger partial charge in [0.05, 0.1) is 21.3 Å². The van der Waals surface area contributed by atoms with Crippen LogP contribution in [0.3, 0.4) is 0 Å². The number of urea groups is 1. The molecule has 0 atom stereocenters. The van der Waals surface area contributed by atoms with Crippen molar-refractivity contribution >= 4 is 18.0 Å². The van der Waals surface area contributed by atoms with E-state index in [1.54, 1.807) is 24.1 Å². The molecular formula is C17H25N3O5. The highest BCUT2D eigenvalue weighted by molar-refractivity contribution is 5.93. The molecule has 1 aliphatic rings. The van der Waals surface area contributed by atoms with Gasteiger partial charge in [-0.3, -0.25) is 4.90 Å². The number of carbonyl (C=O) groups excluding carboxylic acids is 2. The molecule has 25 heavy (non-hydrogen) atoms. The van der Waals surface area contributed by atoms with Crippen molar-refractivity contribution < 1.29 is 23.8 Å². The van der Waals surface area contributed by atoms with Gasteiger partial charge in [0, 0.05) is 51.3 Å². The summed E-state index contributed by atoms with van der Waals surface area (Å²) >= 11 is 0. The molecule has 8 nitrogen and oxygen atoms in total. The van der Waals surface area contributed by atoms with Gasteiger partial charge in [0.2, 0.25) is 0 Å². The van der Waals surface area contributed by atoms with Gasteiger partial charge in [0.1, 0.15) is 29.2 Å². The van der Waals surface area contributed by atoms with E-state index in [9.17, 15) is 9.59 Å². The van der Waals surface area contributed by atoms with E-state index in [1.807, 2.05) is 0 Å². The summed E-state index contributed by atoms with van der Waals surface area (Å²) in [7, 11) is 4.60. The fraction of sp³-hybridized carbons (Fsp3) is 0.529. The number of piperazine rings is 1. The number of methoxy groups -OCH3 is 3. The van der Waals surface area contributed by atoms with E-state index in [-0.39, 0.29) is 6.03 Å². The quantitative estimate of drug-likeness (QED) is 0.749. The predicted molar refractivity (Wildman–Crippen MR) is 93.8 cm³/mol. The number of amides is 2. The highest BCUT2D eigenvalue weighted by Crippen LogP contribution is 2.39. The lowest BCUT2D eigenvalue weighted by Gasteiger charge is -2.34. The van der Waals surface area contributed by atoms with E-state index in [0.29, 0.717) is 42.4 Å². The van der Waals surface area contributed by atoms with Gasteiger partial charge in [0.25, 0.3) is 0 Å². The predicted octanol–water partition coefficient (Wildman–Crippen LogP) is 1.45. The van der Waals surface area contributed by atoms with Gasteiger partial charge in [-0.2, -0.15) is 0 Å². The van der Waals surface area contributed by atoms with Crippen molar-refractivity contribution in [2.45, 2.75) is 6.42 Å². The van der Waals surface area contributed by atoms with Crippen LogP contribution in [0.2, 0.25) is 0 Å². The van der Waals surface area contributed by atoms with Gasteiger partial charge >= 0.3 is 6.03 Å². The third kappa shape index (κ3) is 4.76. The molecular weight excluding hydrogens is 326 g/mol. The second-order valence-corrected chi connectivity index (χ2v) is 5.62. The maximum absolute atomic E-state index is 12.6. The van der Waals surface area contributed by atoms with Crippen LogP contribution in [0.1, 0.15) is 6.42 Å². The van der Waals surface area contributed by atoms with Crippen molar-refractivity contribution in [1.82, 2.24) is 9.80 Å². The number of aldehydes is 1. The second-order valence-electron chi connectivity index (χ2n) is 5.62. The first kappa shape index (κ1) is 18.9. The Balaban J connectivity index is 2.04. The molecule has 0 aromatic heterocycles. The largest absolute Gasteiger partial charge is 0.496 e. The lowest BCUT2D eigenvalue weighted by molar-refractivity contribution is -0.108. The summed E-state index contributed by atoms with van der Waals surface area (Å²) in [6, 6.07) is 3.17. The maximum Gasteiger partial charge on any atom is 0.322 e. The number of hydrogen-bond acceptors (Lipinski definition) is 6. The van der Waals surface area contributed by atoms with E-state index in [1.165, 1.54) is 14.2 Å². The summed E-state index contributed by atoms with van der Waals surface area (Å²) in [6.07, 6.45) is 1.44. The standard InChI is InChI=1S/C17H25N3O5/c1-23-13-11-14(24-2)16(15(12-13)25-3)18-17(22)20-8-6-19(7-9-20)5-4-10-21/h10-12H,4-9H2,1-3H3,(H,18,22). The average Bonchev–Trinajstić information content (AvgIpc) is 2.66. The molecule has 1 fully saturated rings. The van der Waals surface area contributed by atoms with E-state index in [4.69, 9.17) is 14.2 Å². The smallest absolute Gasteiger partial charge is 0.322 e. The molecule has 1 N–H and O–H groups in total.